The summed E-state index contributed by atoms with van der Waals surface area (Å²) in [6.07, 6.45) is 0.325. The molecule has 0 bridgehead atoms. The van der Waals surface area contributed by atoms with Crippen molar-refractivity contribution in [1.29, 1.82) is 0 Å². The lowest BCUT2D eigenvalue weighted by atomic mass is 9.76. The van der Waals surface area contributed by atoms with Gasteiger partial charge in [-0.05, 0) is 65.2 Å². The Balaban J connectivity index is 1.37. The molecular weight excluding hydrogens is 485 g/mol. The molecule has 3 aliphatic heterocycles. The van der Waals surface area contributed by atoms with Crippen molar-refractivity contribution >= 4 is 39.9 Å². The van der Waals surface area contributed by atoms with Crippen LogP contribution in [0.1, 0.15) is 11.1 Å². The molecule has 2 saturated heterocycles. The standard InChI is InChI=1S/C30H22FN3O4/c31-19-8-12-23-22(15-19)30(29(38)32-23)26-25(24(33-30)13-16-5-10-21(35)11-6-16)27(36)34(28(26)37)20-9-7-17-3-1-2-4-18(17)14-20/h1-12,14-15,24-26,33,35H,13H2,(H,32,38)/t24-,25-,26+,30-/m1/s1. The molecule has 2 fully saturated rings. The van der Waals surface area contributed by atoms with E-state index in [0.717, 1.165) is 16.3 Å². The first kappa shape index (κ1) is 22.6. The number of nitrogens with zero attached hydrogens (tertiary/aromatic N) is 1. The van der Waals surface area contributed by atoms with Crippen LogP contribution >= 0.6 is 0 Å². The number of phenols is 1. The number of aromatic hydroxyl groups is 1. The van der Waals surface area contributed by atoms with Crippen LogP contribution in [0.25, 0.3) is 10.8 Å². The first-order valence-electron chi connectivity index (χ1n) is 12.4. The van der Waals surface area contributed by atoms with Gasteiger partial charge < -0.3 is 10.4 Å². The van der Waals surface area contributed by atoms with Crippen LogP contribution in [0.15, 0.2) is 84.9 Å². The summed E-state index contributed by atoms with van der Waals surface area (Å²) in [4.78, 5) is 43.0. The Hall–Kier alpha value is -4.56. The maximum Gasteiger partial charge on any atom is 0.250 e. The fourth-order valence-electron chi connectivity index (χ4n) is 6.41. The summed E-state index contributed by atoms with van der Waals surface area (Å²) >= 11 is 0. The number of amides is 3. The number of phenolic OH excluding ortho intramolecular Hbond substituents is 1. The molecule has 0 aliphatic carbocycles. The molecule has 7 nitrogen and oxygen atoms in total. The highest BCUT2D eigenvalue weighted by molar-refractivity contribution is 6.26. The zero-order valence-electron chi connectivity index (χ0n) is 20.0. The molecule has 4 aromatic rings. The zero-order chi connectivity index (χ0) is 26.2. The van der Waals surface area contributed by atoms with Crippen molar-refractivity contribution in [3.8, 4) is 5.75 Å². The monoisotopic (exact) mass is 507 g/mol. The lowest BCUT2D eigenvalue weighted by Crippen LogP contribution is -2.53. The quantitative estimate of drug-likeness (QED) is 0.366. The van der Waals surface area contributed by atoms with Crippen molar-refractivity contribution in [2.45, 2.75) is 18.0 Å². The highest BCUT2D eigenvalue weighted by Crippen LogP contribution is 2.54. The van der Waals surface area contributed by atoms with Crippen LogP contribution in [0.2, 0.25) is 0 Å². The van der Waals surface area contributed by atoms with Gasteiger partial charge >= 0.3 is 0 Å². The second-order valence-corrected chi connectivity index (χ2v) is 10.1. The van der Waals surface area contributed by atoms with Crippen molar-refractivity contribution < 1.29 is 23.9 Å². The SMILES string of the molecule is O=C1[C@H]2[C@@H](C(=O)N1c1ccc3ccccc3c1)[C@@]1(N[C@@H]2Cc2ccc(O)cc2)C(=O)Nc2ccc(F)cc21. The normalized spacial score (nSPS) is 25.8. The number of imide groups is 1. The smallest absolute Gasteiger partial charge is 0.250 e. The van der Waals surface area contributed by atoms with Gasteiger partial charge in [0.2, 0.25) is 17.7 Å². The first-order chi connectivity index (χ1) is 18.4. The summed E-state index contributed by atoms with van der Waals surface area (Å²) in [5, 5.41) is 17.7. The maximum atomic E-state index is 14.5. The number of rotatable bonds is 3. The number of fused-ring (bicyclic) bond motifs is 5. The van der Waals surface area contributed by atoms with E-state index in [1.165, 1.54) is 23.1 Å². The Labute approximate surface area is 216 Å². The topological polar surface area (TPSA) is 98.7 Å². The maximum absolute atomic E-state index is 14.5. The fourth-order valence-corrected chi connectivity index (χ4v) is 6.41. The summed E-state index contributed by atoms with van der Waals surface area (Å²) < 4.78 is 14.5. The van der Waals surface area contributed by atoms with Gasteiger partial charge in [-0.3, -0.25) is 19.7 Å². The molecule has 3 N–H and O–H groups in total. The van der Waals surface area contributed by atoms with Gasteiger partial charge in [-0.1, -0.05) is 42.5 Å². The number of anilines is 2. The summed E-state index contributed by atoms with van der Waals surface area (Å²) in [5.41, 5.74) is 0.398. The number of hydrogen-bond donors (Lipinski definition) is 3. The van der Waals surface area contributed by atoms with Gasteiger partial charge in [0.15, 0.2) is 0 Å². The van der Waals surface area contributed by atoms with E-state index in [0.29, 0.717) is 23.4 Å². The Morgan fingerprint density at radius 1 is 0.868 bits per heavy atom. The summed E-state index contributed by atoms with van der Waals surface area (Å²) in [7, 11) is 0. The van der Waals surface area contributed by atoms with Crippen molar-refractivity contribution in [3.63, 3.8) is 0 Å². The largest absolute Gasteiger partial charge is 0.508 e. The fraction of sp³-hybridized carbons (Fsp3) is 0.167. The predicted molar refractivity (Wildman–Crippen MR) is 139 cm³/mol. The van der Waals surface area contributed by atoms with Gasteiger partial charge in [0.05, 0.1) is 17.5 Å². The number of benzene rings is 4. The molecule has 4 atom stereocenters. The molecule has 0 radical (unpaired) electrons. The van der Waals surface area contributed by atoms with Gasteiger partial charge in [0.25, 0.3) is 0 Å². The van der Waals surface area contributed by atoms with E-state index in [-0.39, 0.29) is 5.75 Å². The second kappa shape index (κ2) is 7.97. The Bertz CT molecular complexity index is 1670. The van der Waals surface area contributed by atoms with Crippen LogP contribution in [-0.2, 0) is 26.3 Å². The minimum atomic E-state index is -1.60. The van der Waals surface area contributed by atoms with Gasteiger partial charge in [-0.25, -0.2) is 9.29 Å². The molecular formula is C30H22FN3O4. The van der Waals surface area contributed by atoms with Crippen LogP contribution in [0, 0.1) is 17.7 Å². The van der Waals surface area contributed by atoms with E-state index < -0.39 is 47.0 Å². The third kappa shape index (κ3) is 3.07. The van der Waals surface area contributed by atoms with Crippen molar-refractivity contribution in [3.05, 3.63) is 102 Å². The third-order valence-electron chi connectivity index (χ3n) is 8.06. The van der Waals surface area contributed by atoms with E-state index in [2.05, 4.69) is 10.6 Å². The molecule has 8 heteroatoms. The highest BCUT2D eigenvalue weighted by atomic mass is 19.1. The third-order valence-corrected chi connectivity index (χ3v) is 8.06. The minimum absolute atomic E-state index is 0.108. The highest BCUT2D eigenvalue weighted by Gasteiger charge is 2.70. The predicted octanol–water partition coefficient (Wildman–Crippen LogP) is 3.85. The van der Waals surface area contributed by atoms with E-state index in [9.17, 15) is 23.9 Å². The summed E-state index contributed by atoms with van der Waals surface area (Å²) in [6.45, 7) is 0. The molecule has 188 valence electrons. The molecule has 3 amide bonds. The van der Waals surface area contributed by atoms with Gasteiger partial charge in [-0.2, -0.15) is 0 Å². The van der Waals surface area contributed by atoms with Crippen LogP contribution in [0.4, 0.5) is 15.8 Å². The lowest BCUT2D eigenvalue weighted by Gasteiger charge is -2.29. The van der Waals surface area contributed by atoms with Crippen LogP contribution < -0.4 is 15.5 Å². The van der Waals surface area contributed by atoms with E-state index >= 15 is 0 Å². The van der Waals surface area contributed by atoms with E-state index in [1.54, 1.807) is 36.4 Å². The van der Waals surface area contributed by atoms with Crippen molar-refractivity contribution in [2.75, 3.05) is 10.2 Å². The number of nitrogens with one attached hydrogen (secondary N) is 2. The van der Waals surface area contributed by atoms with E-state index in [1.807, 2.05) is 30.3 Å². The molecule has 1 spiro atoms. The second-order valence-electron chi connectivity index (χ2n) is 10.1. The number of hydrogen-bond acceptors (Lipinski definition) is 5. The number of halogens is 1. The molecule has 0 saturated carbocycles. The lowest BCUT2D eigenvalue weighted by molar-refractivity contribution is -0.130. The molecule has 0 aromatic heterocycles. The first-order valence-corrected chi connectivity index (χ1v) is 12.4. The van der Waals surface area contributed by atoms with E-state index in [4.69, 9.17) is 0 Å². The van der Waals surface area contributed by atoms with Crippen LogP contribution in [-0.4, -0.2) is 28.9 Å². The average molecular weight is 508 g/mol. The average Bonchev–Trinajstić information content (AvgIpc) is 3.49. The molecule has 7 rings (SSSR count). The zero-order valence-corrected chi connectivity index (χ0v) is 20.0. The summed E-state index contributed by atoms with van der Waals surface area (Å²) in [6, 6.07) is 23.0. The van der Waals surface area contributed by atoms with Crippen LogP contribution in [0.5, 0.6) is 5.75 Å². The molecule has 3 aliphatic rings. The Morgan fingerprint density at radius 2 is 1.63 bits per heavy atom. The number of carbonyl (C=O) groups is 3. The molecule has 38 heavy (non-hydrogen) atoms. The Kier molecular flexibility index (Phi) is 4.74. The van der Waals surface area contributed by atoms with Crippen LogP contribution in [0.3, 0.4) is 0 Å². The summed E-state index contributed by atoms with van der Waals surface area (Å²) in [5.74, 6) is -3.73. The van der Waals surface area contributed by atoms with Crippen molar-refractivity contribution in [1.82, 2.24) is 5.32 Å². The van der Waals surface area contributed by atoms with Gasteiger partial charge in [0.1, 0.15) is 17.1 Å². The van der Waals surface area contributed by atoms with Gasteiger partial charge in [-0.15, -0.1) is 0 Å². The Morgan fingerprint density at radius 3 is 2.42 bits per heavy atom. The minimum Gasteiger partial charge on any atom is -0.508 e. The van der Waals surface area contributed by atoms with Crippen molar-refractivity contribution in [2.24, 2.45) is 11.8 Å². The molecule has 3 heterocycles. The molecule has 4 aromatic carbocycles. The molecule has 0 unspecified atom stereocenters. The number of carbonyl (C=O) groups excluding carboxylic acids is 3. The van der Waals surface area contributed by atoms with Gasteiger partial charge in [0, 0.05) is 17.3 Å².